The molecule has 0 radical (unpaired) electrons. The molecule has 1 amide bonds. The topological polar surface area (TPSA) is 44.6 Å². The highest BCUT2D eigenvalue weighted by atomic mass is 16.2. The van der Waals surface area contributed by atoms with E-state index in [1.165, 1.54) is 6.54 Å². The van der Waals surface area contributed by atoms with E-state index in [4.69, 9.17) is 0 Å². The maximum atomic E-state index is 11.4. The van der Waals surface area contributed by atoms with Gasteiger partial charge in [-0.15, -0.1) is 0 Å². The molecule has 22 heavy (non-hydrogen) atoms. The molecule has 0 spiro atoms. The monoisotopic (exact) mass is 305 g/mol. The summed E-state index contributed by atoms with van der Waals surface area (Å²) < 4.78 is 2.00. The molecule has 3 heterocycles. The van der Waals surface area contributed by atoms with Crippen LogP contribution in [0.25, 0.3) is 0 Å². The molecule has 2 fully saturated rings. The van der Waals surface area contributed by atoms with Crippen molar-refractivity contribution in [3.63, 3.8) is 0 Å². The highest BCUT2D eigenvalue weighted by Gasteiger charge is 2.35. The SMILES string of the molecule is CC(=O)N1CCN([C@@H]2CN(CCn3cccn3)C[C@@H]2C)CC1. The van der Waals surface area contributed by atoms with Gasteiger partial charge in [-0.25, -0.2) is 0 Å². The number of aromatic nitrogens is 2. The summed E-state index contributed by atoms with van der Waals surface area (Å²) in [6, 6.07) is 2.61. The minimum absolute atomic E-state index is 0.208. The van der Waals surface area contributed by atoms with Crippen molar-refractivity contribution in [2.75, 3.05) is 45.8 Å². The van der Waals surface area contributed by atoms with Gasteiger partial charge in [0, 0.05) is 71.2 Å². The van der Waals surface area contributed by atoms with Crippen LogP contribution in [0, 0.1) is 5.92 Å². The molecule has 1 aromatic heterocycles. The molecule has 0 unspecified atom stereocenters. The van der Waals surface area contributed by atoms with Crippen LogP contribution >= 0.6 is 0 Å². The van der Waals surface area contributed by atoms with Crippen molar-refractivity contribution in [1.29, 1.82) is 0 Å². The lowest BCUT2D eigenvalue weighted by molar-refractivity contribution is -0.130. The molecule has 6 heteroatoms. The lowest BCUT2D eigenvalue weighted by Gasteiger charge is -2.39. The van der Waals surface area contributed by atoms with Gasteiger partial charge in [-0.3, -0.25) is 19.3 Å². The highest BCUT2D eigenvalue weighted by Crippen LogP contribution is 2.23. The molecule has 3 rings (SSSR count). The fourth-order valence-electron chi connectivity index (χ4n) is 3.75. The third kappa shape index (κ3) is 3.50. The van der Waals surface area contributed by atoms with Crippen LogP contribution in [0.5, 0.6) is 0 Å². The first-order chi connectivity index (χ1) is 10.6. The highest BCUT2D eigenvalue weighted by molar-refractivity contribution is 5.73. The minimum atomic E-state index is 0.208. The molecule has 2 aliphatic rings. The number of rotatable bonds is 4. The van der Waals surface area contributed by atoms with E-state index in [1.807, 2.05) is 28.0 Å². The van der Waals surface area contributed by atoms with Gasteiger partial charge < -0.3 is 4.90 Å². The van der Waals surface area contributed by atoms with Gasteiger partial charge in [0.15, 0.2) is 0 Å². The number of nitrogens with zero attached hydrogens (tertiary/aromatic N) is 5. The second-order valence-electron chi connectivity index (χ2n) is 6.62. The van der Waals surface area contributed by atoms with Crippen LogP contribution in [0.4, 0.5) is 0 Å². The predicted molar refractivity (Wildman–Crippen MR) is 85.4 cm³/mol. The van der Waals surface area contributed by atoms with Gasteiger partial charge >= 0.3 is 0 Å². The summed E-state index contributed by atoms with van der Waals surface area (Å²) in [7, 11) is 0. The van der Waals surface area contributed by atoms with Gasteiger partial charge in [0.2, 0.25) is 5.91 Å². The minimum Gasteiger partial charge on any atom is -0.340 e. The summed E-state index contributed by atoms with van der Waals surface area (Å²) in [5.74, 6) is 0.904. The van der Waals surface area contributed by atoms with Gasteiger partial charge in [-0.1, -0.05) is 6.92 Å². The van der Waals surface area contributed by atoms with E-state index >= 15 is 0 Å². The largest absolute Gasteiger partial charge is 0.340 e. The average molecular weight is 305 g/mol. The zero-order valence-electron chi connectivity index (χ0n) is 13.7. The van der Waals surface area contributed by atoms with E-state index in [9.17, 15) is 4.79 Å². The molecule has 6 nitrogen and oxygen atoms in total. The maximum absolute atomic E-state index is 11.4. The lowest BCUT2D eigenvalue weighted by Crippen LogP contribution is -2.53. The van der Waals surface area contributed by atoms with Crippen molar-refractivity contribution in [2.45, 2.75) is 26.4 Å². The van der Waals surface area contributed by atoms with Crippen molar-refractivity contribution in [3.05, 3.63) is 18.5 Å². The zero-order valence-corrected chi connectivity index (χ0v) is 13.7. The number of carbonyl (C=O) groups excluding carboxylic acids is 1. The Morgan fingerprint density at radius 2 is 1.95 bits per heavy atom. The summed E-state index contributed by atoms with van der Waals surface area (Å²) in [5, 5.41) is 4.27. The Bertz CT molecular complexity index is 481. The summed E-state index contributed by atoms with van der Waals surface area (Å²) in [6.45, 7) is 12.2. The van der Waals surface area contributed by atoms with Gasteiger partial charge in [0.1, 0.15) is 0 Å². The predicted octanol–water partition coefficient (Wildman–Crippen LogP) is 0.368. The first-order valence-corrected chi connectivity index (χ1v) is 8.33. The van der Waals surface area contributed by atoms with E-state index in [1.54, 1.807) is 6.92 Å². The van der Waals surface area contributed by atoms with Crippen LogP contribution < -0.4 is 0 Å². The average Bonchev–Trinajstić information content (AvgIpc) is 3.14. The van der Waals surface area contributed by atoms with E-state index in [-0.39, 0.29) is 5.91 Å². The zero-order chi connectivity index (χ0) is 15.5. The van der Waals surface area contributed by atoms with Gasteiger partial charge in [-0.2, -0.15) is 5.10 Å². The van der Waals surface area contributed by atoms with Crippen LogP contribution in [0.15, 0.2) is 18.5 Å². The van der Waals surface area contributed by atoms with Crippen molar-refractivity contribution in [3.8, 4) is 0 Å². The molecule has 0 N–H and O–H groups in total. The molecule has 0 bridgehead atoms. The molecular formula is C16H27N5O. The Morgan fingerprint density at radius 3 is 2.59 bits per heavy atom. The Morgan fingerprint density at radius 1 is 1.18 bits per heavy atom. The fraction of sp³-hybridized carbons (Fsp3) is 0.750. The van der Waals surface area contributed by atoms with Gasteiger partial charge in [-0.05, 0) is 12.0 Å². The first-order valence-electron chi connectivity index (χ1n) is 8.33. The molecule has 0 aliphatic carbocycles. The number of amides is 1. The Kier molecular flexibility index (Phi) is 4.78. The van der Waals surface area contributed by atoms with Crippen LogP contribution in [-0.4, -0.2) is 82.2 Å². The molecule has 0 aromatic carbocycles. The molecule has 122 valence electrons. The molecular weight excluding hydrogens is 278 g/mol. The molecule has 2 aliphatic heterocycles. The number of piperazine rings is 1. The lowest BCUT2D eigenvalue weighted by atomic mass is 10.0. The Labute approximate surface area is 132 Å². The first kappa shape index (κ1) is 15.5. The van der Waals surface area contributed by atoms with Gasteiger partial charge in [0.05, 0.1) is 6.54 Å². The Hall–Kier alpha value is -1.40. The van der Waals surface area contributed by atoms with Crippen molar-refractivity contribution >= 4 is 5.91 Å². The number of hydrogen-bond acceptors (Lipinski definition) is 4. The van der Waals surface area contributed by atoms with Gasteiger partial charge in [0.25, 0.3) is 0 Å². The van der Waals surface area contributed by atoms with Crippen LogP contribution in [-0.2, 0) is 11.3 Å². The van der Waals surface area contributed by atoms with Crippen molar-refractivity contribution < 1.29 is 4.79 Å². The summed E-state index contributed by atoms with van der Waals surface area (Å²) in [5.41, 5.74) is 0. The third-order valence-corrected chi connectivity index (χ3v) is 5.08. The van der Waals surface area contributed by atoms with E-state index in [0.717, 1.165) is 45.8 Å². The summed E-state index contributed by atoms with van der Waals surface area (Å²) in [6.07, 6.45) is 3.86. The molecule has 0 saturated carbocycles. The number of hydrogen-bond donors (Lipinski definition) is 0. The smallest absolute Gasteiger partial charge is 0.219 e. The molecule has 1 aromatic rings. The second-order valence-corrected chi connectivity index (χ2v) is 6.62. The van der Waals surface area contributed by atoms with Crippen LogP contribution in [0.2, 0.25) is 0 Å². The van der Waals surface area contributed by atoms with Crippen molar-refractivity contribution in [1.82, 2.24) is 24.5 Å². The van der Waals surface area contributed by atoms with E-state index < -0.39 is 0 Å². The number of likely N-dealkylation sites (tertiary alicyclic amines) is 1. The van der Waals surface area contributed by atoms with Crippen LogP contribution in [0.3, 0.4) is 0 Å². The van der Waals surface area contributed by atoms with Crippen molar-refractivity contribution in [2.24, 2.45) is 5.92 Å². The van der Waals surface area contributed by atoms with Crippen LogP contribution in [0.1, 0.15) is 13.8 Å². The summed E-state index contributed by atoms with van der Waals surface area (Å²) >= 11 is 0. The molecule has 2 atom stereocenters. The third-order valence-electron chi connectivity index (χ3n) is 5.08. The summed E-state index contributed by atoms with van der Waals surface area (Å²) in [4.78, 5) is 18.5. The standard InChI is InChI=1S/C16H27N5O/c1-14-12-18(6-11-21-5-3-4-17-21)13-16(14)20-9-7-19(8-10-20)15(2)22/h3-5,14,16H,6-13H2,1-2H3/t14-,16+/m0/s1. The maximum Gasteiger partial charge on any atom is 0.219 e. The normalized spacial score (nSPS) is 27.5. The van der Waals surface area contributed by atoms with E-state index in [0.29, 0.717) is 12.0 Å². The second kappa shape index (κ2) is 6.79. The fourth-order valence-corrected chi connectivity index (χ4v) is 3.75. The quantitative estimate of drug-likeness (QED) is 0.806. The Balaban J connectivity index is 1.48. The molecule has 2 saturated heterocycles. The van der Waals surface area contributed by atoms with E-state index in [2.05, 4.69) is 21.8 Å². The number of carbonyl (C=O) groups is 1.